The molecule has 0 aliphatic rings. The standard InChI is InChI=1S/C33H29F3N4O4S.CH2Cl2/c1-2-3-17-30-37-40(28-15-9-8-14-27(28)33(34,35)36)32(42)39(30)22-23-18-20-24(21-19-23)26-13-7-10-16-29(26)45(43,44)38-31(41)25-11-5-4-6-12-25;2-1-3/h4-16,18-21H,2-3,17,22H2,1H3,(H,38,41);1H2. The molecule has 0 spiro atoms. The molecule has 0 aliphatic carbocycles. The predicted octanol–water partition coefficient (Wildman–Crippen LogP) is 7.65. The Morgan fingerprint density at radius 3 is 2.12 bits per heavy atom. The molecule has 4 aromatic carbocycles. The molecule has 0 atom stereocenters. The zero-order valence-electron chi connectivity index (χ0n) is 25.6. The Labute approximate surface area is 285 Å². The first-order chi connectivity index (χ1) is 22.9. The fraction of sp³-hybridized carbons (Fsp3) is 0.206. The van der Waals surface area contributed by atoms with Crippen LogP contribution in [0, 0.1) is 0 Å². The van der Waals surface area contributed by atoms with Gasteiger partial charge in [-0.15, -0.1) is 28.3 Å². The number of amides is 1. The maximum atomic E-state index is 13.7. The fourth-order valence-corrected chi connectivity index (χ4v) is 6.11. The van der Waals surface area contributed by atoms with Gasteiger partial charge in [0.1, 0.15) is 5.82 Å². The Hall–Kier alpha value is -4.39. The van der Waals surface area contributed by atoms with Crippen molar-refractivity contribution in [2.24, 2.45) is 0 Å². The van der Waals surface area contributed by atoms with E-state index in [9.17, 15) is 31.2 Å². The van der Waals surface area contributed by atoms with Crippen LogP contribution in [0.2, 0.25) is 0 Å². The van der Waals surface area contributed by atoms with E-state index in [-0.39, 0.29) is 28.0 Å². The molecule has 5 aromatic rings. The summed E-state index contributed by atoms with van der Waals surface area (Å²) in [6.45, 7) is 2.00. The van der Waals surface area contributed by atoms with Crippen LogP contribution < -0.4 is 10.4 Å². The summed E-state index contributed by atoms with van der Waals surface area (Å²) in [6, 6.07) is 25.8. The molecule has 0 fully saturated rings. The number of halogens is 5. The van der Waals surface area contributed by atoms with E-state index in [2.05, 4.69) is 9.82 Å². The number of aromatic nitrogens is 3. The molecular weight excluding hydrogens is 688 g/mol. The van der Waals surface area contributed by atoms with Gasteiger partial charge >= 0.3 is 11.9 Å². The number of nitrogens with zero attached hydrogens (tertiary/aromatic N) is 3. The summed E-state index contributed by atoms with van der Waals surface area (Å²) in [7, 11) is -4.24. The minimum atomic E-state index is -4.67. The van der Waals surface area contributed by atoms with E-state index >= 15 is 0 Å². The summed E-state index contributed by atoms with van der Waals surface area (Å²) >= 11 is 9.53. The van der Waals surface area contributed by atoms with Crippen LogP contribution in [0.5, 0.6) is 0 Å². The molecule has 0 bridgehead atoms. The summed E-state index contributed by atoms with van der Waals surface area (Å²) in [5.74, 6) is -0.406. The van der Waals surface area contributed by atoms with Crippen LogP contribution in [0.25, 0.3) is 16.8 Å². The molecule has 1 N–H and O–H groups in total. The zero-order chi connectivity index (χ0) is 34.9. The molecule has 1 aromatic heterocycles. The lowest BCUT2D eigenvalue weighted by atomic mass is 10.0. The quantitative estimate of drug-likeness (QED) is 0.150. The van der Waals surface area contributed by atoms with Crippen molar-refractivity contribution in [2.75, 3.05) is 5.34 Å². The molecule has 48 heavy (non-hydrogen) atoms. The van der Waals surface area contributed by atoms with Gasteiger partial charge in [-0.2, -0.15) is 17.9 Å². The Bertz CT molecular complexity index is 2010. The minimum Gasteiger partial charge on any atom is -0.274 e. The molecule has 252 valence electrons. The van der Waals surface area contributed by atoms with Gasteiger partial charge in [-0.25, -0.2) is 17.9 Å². The van der Waals surface area contributed by atoms with Crippen molar-refractivity contribution in [3.05, 3.63) is 136 Å². The van der Waals surface area contributed by atoms with Crippen LogP contribution in [-0.4, -0.2) is 34.0 Å². The van der Waals surface area contributed by atoms with Crippen molar-refractivity contribution in [3.8, 4) is 16.8 Å². The monoisotopic (exact) mass is 718 g/mol. The third kappa shape index (κ3) is 8.74. The molecule has 0 unspecified atom stereocenters. The number of aryl methyl sites for hydroxylation is 1. The van der Waals surface area contributed by atoms with Gasteiger partial charge in [0.2, 0.25) is 0 Å². The summed E-state index contributed by atoms with van der Waals surface area (Å²) in [5.41, 5.74) is -0.264. The van der Waals surface area contributed by atoms with Gasteiger partial charge in [0.05, 0.1) is 28.0 Å². The molecule has 1 heterocycles. The number of benzene rings is 4. The molecule has 14 heteroatoms. The molecule has 0 saturated heterocycles. The van der Waals surface area contributed by atoms with E-state index in [4.69, 9.17) is 23.2 Å². The van der Waals surface area contributed by atoms with Gasteiger partial charge in [0.25, 0.3) is 15.9 Å². The number of hydrogen-bond donors (Lipinski definition) is 1. The van der Waals surface area contributed by atoms with E-state index in [1.165, 1.54) is 41.0 Å². The largest absolute Gasteiger partial charge is 0.418 e. The van der Waals surface area contributed by atoms with Gasteiger partial charge in [-0.05, 0) is 47.9 Å². The third-order valence-corrected chi connectivity index (χ3v) is 8.57. The first kappa shape index (κ1) is 36.4. The lowest BCUT2D eigenvalue weighted by Gasteiger charge is -2.13. The van der Waals surface area contributed by atoms with Gasteiger partial charge in [-0.1, -0.05) is 86.1 Å². The maximum Gasteiger partial charge on any atom is 0.418 e. The summed E-state index contributed by atoms with van der Waals surface area (Å²) in [6.07, 6.45) is -2.80. The number of alkyl halides is 5. The first-order valence-corrected chi connectivity index (χ1v) is 17.2. The molecule has 0 radical (unpaired) electrons. The second-order valence-corrected chi connectivity index (χ2v) is 12.9. The highest BCUT2D eigenvalue weighted by Gasteiger charge is 2.35. The van der Waals surface area contributed by atoms with Crippen molar-refractivity contribution < 1.29 is 26.4 Å². The molecule has 0 aliphatic heterocycles. The molecule has 8 nitrogen and oxygen atoms in total. The fourth-order valence-electron chi connectivity index (χ4n) is 4.91. The topological polar surface area (TPSA) is 103 Å². The van der Waals surface area contributed by atoms with E-state index in [1.54, 1.807) is 60.7 Å². The number of carbonyl (C=O) groups excluding carboxylic acids is 1. The average molecular weight is 720 g/mol. The van der Waals surface area contributed by atoms with Crippen LogP contribution in [0.15, 0.2) is 113 Å². The van der Waals surface area contributed by atoms with Gasteiger partial charge in [0.15, 0.2) is 0 Å². The summed E-state index contributed by atoms with van der Waals surface area (Å²) in [5, 5.41) is 4.50. The van der Waals surface area contributed by atoms with Crippen LogP contribution >= 0.6 is 23.2 Å². The number of hydrogen-bond acceptors (Lipinski definition) is 5. The first-order valence-electron chi connectivity index (χ1n) is 14.7. The SMILES string of the molecule is CCCCc1nn(-c2ccccc2C(F)(F)F)c(=O)n1Cc1ccc(-c2ccccc2S(=O)(=O)NC(=O)c2ccccc2)cc1.ClCCl. The average Bonchev–Trinajstić information content (AvgIpc) is 3.38. The Morgan fingerprint density at radius 2 is 1.48 bits per heavy atom. The number of carbonyl (C=O) groups is 1. The lowest BCUT2D eigenvalue weighted by molar-refractivity contribution is -0.137. The minimum absolute atomic E-state index is 0.0411. The van der Waals surface area contributed by atoms with Crippen molar-refractivity contribution in [3.63, 3.8) is 0 Å². The smallest absolute Gasteiger partial charge is 0.274 e. The molecule has 5 rings (SSSR count). The Kier molecular flexibility index (Phi) is 12.3. The zero-order valence-corrected chi connectivity index (χ0v) is 28.0. The van der Waals surface area contributed by atoms with E-state index in [0.717, 1.165) is 17.2 Å². The van der Waals surface area contributed by atoms with Crippen LogP contribution in [-0.2, 0) is 29.2 Å². The van der Waals surface area contributed by atoms with Crippen molar-refractivity contribution in [1.82, 2.24) is 19.1 Å². The second-order valence-electron chi connectivity index (χ2n) is 10.4. The van der Waals surface area contributed by atoms with E-state index in [1.807, 2.05) is 6.92 Å². The molecule has 0 saturated carbocycles. The highest BCUT2D eigenvalue weighted by Crippen LogP contribution is 2.33. The number of para-hydroxylation sites is 1. The highest BCUT2D eigenvalue weighted by molar-refractivity contribution is 7.90. The van der Waals surface area contributed by atoms with Gasteiger partial charge in [-0.3, -0.25) is 9.36 Å². The van der Waals surface area contributed by atoms with Crippen molar-refractivity contribution in [2.45, 2.75) is 43.8 Å². The highest BCUT2D eigenvalue weighted by atomic mass is 35.5. The third-order valence-electron chi connectivity index (χ3n) is 7.18. The number of sulfonamides is 1. The second kappa shape index (κ2) is 16.1. The molecule has 1 amide bonds. The Balaban J connectivity index is 0.00000167. The normalized spacial score (nSPS) is 11.5. The predicted molar refractivity (Wildman–Crippen MR) is 180 cm³/mol. The summed E-state index contributed by atoms with van der Waals surface area (Å²) < 4.78 is 71.9. The van der Waals surface area contributed by atoms with Crippen LogP contribution in [0.1, 0.15) is 47.1 Å². The Morgan fingerprint density at radius 1 is 0.875 bits per heavy atom. The number of nitrogens with one attached hydrogen (secondary N) is 1. The van der Waals surface area contributed by atoms with E-state index in [0.29, 0.717) is 35.4 Å². The number of rotatable bonds is 10. The van der Waals surface area contributed by atoms with Crippen LogP contribution in [0.3, 0.4) is 0 Å². The van der Waals surface area contributed by atoms with Gasteiger partial charge in [0, 0.05) is 17.5 Å². The number of unbranched alkanes of at least 4 members (excludes halogenated alkanes) is 1. The molecular formula is C34H31Cl2F3N4O4S. The van der Waals surface area contributed by atoms with Crippen LogP contribution in [0.4, 0.5) is 13.2 Å². The van der Waals surface area contributed by atoms with Crippen molar-refractivity contribution >= 4 is 39.1 Å². The lowest BCUT2D eigenvalue weighted by Crippen LogP contribution is -2.30. The van der Waals surface area contributed by atoms with E-state index < -0.39 is 33.4 Å². The maximum absolute atomic E-state index is 13.7. The van der Waals surface area contributed by atoms with Crippen molar-refractivity contribution in [1.29, 1.82) is 0 Å². The summed E-state index contributed by atoms with van der Waals surface area (Å²) in [4.78, 5) is 26.0. The van der Waals surface area contributed by atoms with Gasteiger partial charge < -0.3 is 0 Å².